The highest BCUT2D eigenvalue weighted by Gasteiger charge is 2.28. The summed E-state index contributed by atoms with van der Waals surface area (Å²) in [5, 5.41) is 11.0. The molecule has 2 heterocycles. The second kappa shape index (κ2) is 10.6. The minimum absolute atomic E-state index is 0.00525. The Morgan fingerprint density at radius 1 is 1.16 bits per heavy atom. The second-order valence-electron chi connectivity index (χ2n) is 8.44. The van der Waals surface area contributed by atoms with Crippen LogP contribution in [0.1, 0.15) is 36.1 Å². The van der Waals surface area contributed by atoms with Crippen LogP contribution in [-0.2, 0) is 11.2 Å². The maximum absolute atomic E-state index is 12.7. The predicted octanol–water partition coefficient (Wildman–Crippen LogP) is 4.01. The number of piperazine rings is 1. The predicted molar refractivity (Wildman–Crippen MR) is 130 cm³/mol. The summed E-state index contributed by atoms with van der Waals surface area (Å²) < 4.78 is 5.35. The molecule has 1 saturated heterocycles. The van der Waals surface area contributed by atoms with Crippen LogP contribution < -0.4 is 4.74 Å². The molecule has 0 radical (unpaired) electrons. The molecule has 2 aromatic rings. The van der Waals surface area contributed by atoms with Gasteiger partial charge in [0.15, 0.2) is 0 Å². The number of rotatable bonds is 6. The third-order valence-corrected chi connectivity index (χ3v) is 7.68. The largest absolute Gasteiger partial charge is 0.496 e. The van der Waals surface area contributed by atoms with Crippen molar-refractivity contribution in [3.05, 3.63) is 65.2 Å². The first kappa shape index (κ1) is 22.9. The molecule has 0 aliphatic carbocycles. The van der Waals surface area contributed by atoms with Gasteiger partial charge in [-0.15, -0.1) is 11.8 Å². The highest BCUT2D eigenvalue weighted by atomic mass is 32.2. The number of aryl methyl sites for hydroxylation is 1. The summed E-state index contributed by atoms with van der Waals surface area (Å²) >= 11 is 1.91. The summed E-state index contributed by atoms with van der Waals surface area (Å²) in [7, 11) is 1.63. The number of aliphatic hydroxyl groups is 1. The number of benzene rings is 2. The molecule has 0 saturated carbocycles. The number of amides is 1. The van der Waals surface area contributed by atoms with E-state index >= 15 is 0 Å². The average molecular weight is 453 g/mol. The molecular weight excluding hydrogens is 420 g/mol. The third-order valence-electron chi connectivity index (χ3n) is 6.48. The van der Waals surface area contributed by atoms with Gasteiger partial charge >= 0.3 is 0 Å². The Kier molecular flexibility index (Phi) is 7.55. The van der Waals surface area contributed by atoms with E-state index in [2.05, 4.69) is 30.0 Å². The molecule has 0 spiro atoms. The molecule has 2 unspecified atom stereocenters. The summed E-state index contributed by atoms with van der Waals surface area (Å²) in [5.74, 6) is 1.95. The van der Waals surface area contributed by atoms with E-state index in [0.717, 1.165) is 36.4 Å². The molecule has 170 valence electrons. The molecule has 0 aromatic heterocycles. The van der Waals surface area contributed by atoms with Gasteiger partial charge in [-0.25, -0.2) is 0 Å². The van der Waals surface area contributed by atoms with Crippen molar-refractivity contribution in [3.8, 4) is 5.75 Å². The fraction of sp³-hybridized carbons (Fsp3) is 0.423. The van der Waals surface area contributed by atoms with Gasteiger partial charge in [0.1, 0.15) is 5.75 Å². The maximum atomic E-state index is 12.7. The molecule has 2 aliphatic heterocycles. The monoisotopic (exact) mass is 452 g/mol. The van der Waals surface area contributed by atoms with Crippen LogP contribution in [0.15, 0.2) is 53.4 Å². The van der Waals surface area contributed by atoms with E-state index in [9.17, 15) is 9.90 Å². The summed E-state index contributed by atoms with van der Waals surface area (Å²) in [6, 6.07) is 14.1. The zero-order valence-electron chi connectivity index (χ0n) is 18.9. The number of nitrogens with zero attached hydrogens (tertiary/aromatic N) is 2. The number of fused-ring (bicyclic) bond motifs is 1. The Balaban J connectivity index is 1.32. The van der Waals surface area contributed by atoms with E-state index in [1.165, 1.54) is 22.6 Å². The first-order valence-electron chi connectivity index (χ1n) is 11.3. The van der Waals surface area contributed by atoms with Gasteiger partial charge in [-0.1, -0.05) is 30.3 Å². The number of carbonyl (C=O) groups is 1. The number of thioether (sulfide) groups is 1. The number of para-hydroxylation sites is 1. The standard InChI is InChI=1S/C26H32N2O3S/c1-19(26(30)22-9-11-24-21(18-22)7-5-17-32-24)27-13-15-28(16-14-27)25(29)12-10-20-6-3-4-8-23(20)31-2/h3-4,6,8-12,18-19,26,30H,5,7,13-17H2,1-2H3. The first-order valence-corrected chi connectivity index (χ1v) is 12.3. The molecule has 1 N–H and O–H groups in total. The summed E-state index contributed by atoms with van der Waals surface area (Å²) in [6.07, 6.45) is 5.21. The number of hydrogen-bond donors (Lipinski definition) is 1. The third kappa shape index (κ3) is 5.20. The van der Waals surface area contributed by atoms with Crippen LogP contribution in [0.3, 0.4) is 0 Å². The Morgan fingerprint density at radius 2 is 1.94 bits per heavy atom. The molecule has 1 amide bonds. The van der Waals surface area contributed by atoms with Crippen LogP contribution in [-0.4, -0.2) is 65.9 Å². The number of hydrogen-bond acceptors (Lipinski definition) is 5. The topological polar surface area (TPSA) is 53.0 Å². The van der Waals surface area contributed by atoms with Crippen LogP contribution in [0.25, 0.3) is 6.08 Å². The van der Waals surface area contributed by atoms with Crippen LogP contribution in [0.4, 0.5) is 0 Å². The van der Waals surface area contributed by atoms with Crippen molar-refractivity contribution in [2.24, 2.45) is 0 Å². The van der Waals surface area contributed by atoms with Gasteiger partial charge in [0.05, 0.1) is 13.2 Å². The van der Waals surface area contributed by atoms with E-state index in [-0.39, 0.29) is 11.9 Å². The van der Waals surface area contributed by atoms with E-state index in [1.807, 2.05) is 47.0 Å². The molecule has 2 aromatic carbocycles. The SMILES string of the molecule is COc1ccccc1C=CC(=O)N1CCN(C(C)C(O)c2ccc3c(c2)CCCS3)CC1. The maximum Gasteiger partial charge on any atom is 0.246 e. The van der Waals surface area contributed by atoms with Crippen molar-refractivity contribution >= 4 is 23.7 Å². The van der Waals surface area contributed by atoms with E-state index in [4.69, 9.17) is 4.74 Å². The molecule has 4 rings (SSSR count). The number of methoxy groups -OCH3 is 1. The number of carbonyl (C=O) groups excluding carboxylic acids is 1. The smallest absolute Gasteiger partial charge is 0.246 e. The lowest BCUT2D eigenvalue weighted by atomic mass is 9.98. The fourth-order valence-electron chi connectivity index (χ4n) is 4.46. The van der Waals surface area contributed by atoms with Gasteiger partial charge in [0.2, 0.25) is 5.91 Å². The molecule has 32 heavy (non-hydrogen) atoms. The van der Waals surface area contributed by atoms with Gasteiger partial charge in [0, 0.05) is 48.8 Å². The second-order valence-corrected chi connectivity index (χ2v) is 9.58. The molecule has 6 heteroatoms. The Labute approximate surface area is 195 Å². The zero-order valence-corrected chi connectivity index (χ0v) is 19.7. The lowest BCUT2D eigenvalue weighted by Gasteiger charge is -2.39. The zero-order chi connectivity index (χ0) is 22.5. The minimum Gasteiger partial charge on any atom is -0.496 e. The normalized spacial score (nSPS) is 18.9. The van der Waals surface area contributed by atoms with Gasteiger partial charge in [0.25, 0.3) is 0 Å². The lowest BCUT2D eigenvalue weighted by molar-refractivity contribution is -0.128. The molecular formula is C26H32N2O3S. The molecule has 2 aliphatic rings. The summed E-state index contributed by atoms with van der Waals surface area (Å²) in [4.78, 5) is 18.2. The van der Waals surface area contributed by atoms with Crippen LogP contribution in [0.2, 0.25) is 0 Å². The average Bonchev–Trinajstić information content (AvgIpc) is 2.86. The van der Waals surface area contributed by atoms with E-state index in [0.29, 0.717) is 13.1 Å². The van der Waals surface area contributed by atoms with Gasteiger partial charge < -0.3 is 14.7 Å². The Morgan fingerprint density at radius 3 is 2.72 bits per heavy atom. The van der Waals surface area contributed by atoms with Crippen LogP contribution >= 0.6 is 11.8 Å². The number of ether oxygens (including phenoxy) is 1. The van der Waals surface area contributed by atoms with E-state index < -0.39 is 6.10 Å². The first-order chi connectivity index (χ1) is 15.6. The van der Waals surface area contributed by atoms with Crippen molar-refractivity contribution < 1.29 is 14.6 Å². The van der Waals surface area contributed by atoms with Crippen molar-refractivity contribution in [1.29, 1.82) is 0 Å². The fourth-order valence-corrected chi connectivity index (χ4v) is 5.48. The summed E-state index contributed by atoms with van der Waals surface area (Å²) in [5.41, 5.74) is 3.25. The minimum atomic E-state index is -0.528. The van der Waals surface area contributed by atoms with Crippen molar-refractivity contribution in [3.63, 3.8) is 0 Å². The molecule has 2 atom stereocenters. The Bertz CT molecular complexity index is 969. The molecule has 0 bridgehead atoms. The van der Waals surface area contributed by atoms with Crippen molar-refractivity contribution in [2.45, 2.75) is 36.8 Å². The van der Waals surface area contributed by atoms with Crippen molar-refractivity contribution in [2.75, 3.05) is 39.0 Å². The quantitative estimate of drug-likeness (QED) is 0.671. The lowest BCUT2D eigenvalue weighted by Crippen LogP contribution is -2.52. The number of aliphatic hydroxyl groups excluding tert-OH is 1. The van der Waals surface area contributed by atoms with E-state index in [1.54, 1.807) is 13.2 Å². The highest BCUT2D eigenvalue weighted by molar-refractivity contribution is 7.99. The van der Waals surface area contributed by atoms with Gasteiger partial charge in [-0.2, -0.15) is 0 Å². The van der Waals surface area contributed by atoms with Gasteiger partial charge in [-0.3, -0.25) is 9.69 Å². The van der Waals surface area contributed by atoms with Crippen molar-refractivity contribution in [1.82, 2.24) is 9.80 Å². The summed E-state index contributed by atoms with van der Waals surface area (Å²) in [6.45, 7) is 4.92. The molecule has 5 nitrogen and oxygen atoms in total. The van der Waals surface area contributed by atoms with Crippen LogP contribution in [0, 0.1) is 0 Å². The van der Waals surface area contributed by atoms with Crippen LogP contribution in [0.5, 0.6) is 5.75 Å². The molecule has 1 fully saturated rings. The Hall–Kier alpha value is -2.28. The highest BCUT2D eigenvalue weighted by Crippen LogP contribution is 2.33. The van der Waals surface area contributed by atoms with Gasteiger partial charge in [-0.05, 0) is 54.9 Å².